The summed E-state index contributed by atoms with van der Waals surface area (Å²) in [7, 11) is 0. The predicted octanol–water partition coefficient (Wildman–Crippen LogP) is 9.69. The molecule has 0 aliphatic rings. The lowest BCUT2D eigenvalue weighted by Crippen LogP contribution is -2.17. The molecule has 2 rings (SSSR count). The predicted molar refractivity (Wildman–Crippen MR) is 143 cm³/mol. The molecule has 3 nitrogen and oxygen atoms in total. The summed E-state index contributed by atoms with van der Waals surface area (Å²) in [5, 5.41) is 0. The van der Waals surface area contributed by atoms with E-state index in [0.29, 0.717) is 11.5 Å². The van der Waals surface area contributed by atoms with Crippen molar-refractivity contribution in [2.75, 3.05) is 0 Å². The number of hydrogen-bond donors (Lipinski definition) is 0. The van der Waals surface area contributed by atoms with Crippen molar-refractivity contribution in [3.8, 4) is 11.5 Å². The van der Waals surface area contributed by atoms with Crippen molar-refractivity contribution in [2.45, 2.75) is 118 Å². The molecular weight excluding hydrogens is 420 g/mol. The SMILES string of the molecule is CCCCCCCCc1cccc(C)c1OC(=O)Oc1c(C)cccc1CCCCCCCC. The van der Waals surface area contributed by atoms with E-state index in [9.17, 15) is 4.79 Å². The molecule has 0 saturated heterocycles. The van der Waals surface area contributed by atoms with Crippen molar-refractivity contribution in [3.63, 3.8) is 0 Å². The van der Waals surface area contributed by atoms with Crippen LogP contribution in [0.25, 0.3) is 0 Å². The molecule has 3 heteroatoms. The van der Waals surface area contributed by atoms with E-state index in [0.717, 1.165) is 47.9 Å². The van der Waals surface area contributed by atoms with E-state index < -0.39 is 6.16 Å². The van der Waals surface area contributed by atoms with Crippen LogP contribution in [0.3, 0.4) is 0 Å². The topological polar surface area (TPSA) is 35.5 Å². The molecule has 0 atom stereocenters. The maximum atomic E-state index is 12.8. The van der Waals surface area contributed by atoms with Gasteiger partial charge in [-0.05, 0) is 61.8 Å². The van der Waals surface area contributed by atoms with E-state index in [1.165, 1.54) is 64.2 Å². The number of carbonyl (C=O) groups is 1. The van der Waals surface area contributed by atoms with Gasteiger partial charge in [0.2, 0.25) is 0 Å². The Labute approximate surface area is 208 Å². The second-order valence-corrected chi connectivity index (χ2v) is 9.62. The average Bonchev–Trinajstić information content (AvgIpc) is 2.82. The third-order valence-electron chi connectivity index (χ3n) is 6.56. The summed E-state index contributed by atoms with van der Waals surface area (Å²) < 4.78 is 11.6. The Morgan fingerprint density at radius 2 is 0.971 bits per heavy atom. The van der Waals surface area contributed by atoms with Crippen LogP contribution in [0.4, 0.5) is 4.79 Å². The zero-order chi connectivity index (χ0) is 24.6. The number of unbranched alkanes of at least 4 members (excludes halogenated alkanes) is 10. The van der Waals surface area contributed by atoms with E-state index in [-0.39, 0.29) is 0 Å². The van der Waals surface area contributed by atoms with Crippen LogP contribution < -0.4 is 9.47 Å². The molecule has 0 fully saturated rings. The second-order valence-electron chi connectivity index (χ2n) is 9.62. The summed E-state index contributed by atoms with van der Waals surface area (Å²) in [6.07, 6.45) is 16.1. The molecule has 2 aromatic carbocycles. The number of carbonyl (C=O) groups excluding carboxylic acids is 1. The number of para-hydroxylation sites is 2. The molecule has 0 N–H and O–H groups in total. The Bertz CT molecular complexity index is 786. The van der Waals surface area contributed by atoms with E-state index >= 15 is 0 Å². The molecule has 0 amide bonds. The minimum atomic E-state index is -0.642. The van der Waals surface area contributed by atoms with Gasteiger partial charge in [0.15, 0.2) is 0 Å². The smallest absolute Gasteiger partial charge is 0.394 e. The van der Waals surface area contributed by atoms with Crippen LogP contribution in [-0.2, 0) is 12.8 Å². The normalized spacial score (nSPS) is 10.9. The first kappa shape index (κ1) is 28.0. The van der Waals surface area contributed by atoms with Gasteiger partial charge in [-0.15, -0.1) is 0 Å². The van der Waals surface area contributed by atoms with Gasteiger partial charge in [-0.2, -0.15) is 0 Å². The molecule has 188 valence electrons. The quantitative estimate of drug-likeness (QED) is 0.140. The number of rotatable bonds is 16. The molecule has 0 radical (unpaired) electrons. The number of ether oxygens (including phenoxy) is 2. The second kappa shape index (κ2) is 16.4. The fourth-order valence-corrected chi connectivity index (χ4v) is 4.49. The highest BCUT2D eigenvalue weighted by molar-refractivity contribution is 5.69. The zero-order valence-corrected chi connectivity index (χ0v) is 22.1. The van der Waals surface area contributed by atoms with Crippen LogP contribution >= 0.6 is 0 Å². The van der Waals surface area contributed by atoms with Crippen LogP contribution in [0.2, 0.25) is 0 Å². The highest BCUT2D eigenvalue weighted by Gasteiger charge is 2.17. The van der Waals surface area contributed by atoms with Crippen molar-refractivity contribution in [1.29, 1.82) is 0 Å². The van der Waals surface area contributed by atoms with Gasteiger partial charge in [-0.1, -0.05) is 114 Å². The molecule has 0 aromatic heterocycles. The largest absolute Gasteiger partial charge is 0.519 e. The van der Waals surface area contributed by atoms with Crippen molar-refractivity contribution in [3.05, 3.63) is 58.7 Å². The molecule has 0 saturated carbocycles. The van der Waals surface area contributed by atoms with Gasteiger partial charge < -0.3 is 9.47 Å². The molecule has 0 aliphatic carbocycles. The van der Waals surface area contributed by atoms with Crippen molar-refractivity contribution >= 4 is 6.16 Å². The Kier molecular flexibility index (Phi) is 13.4. The molecule has 0 heterocycles. The van der Waals surface area contributed by atoms with E-state index in [4.69, 9.17) is 9.47 Å². The van der Waals surface area contributed by atoms with Gasteiger partial charge in [0.1, 0.15) is 11.5 Å². The van der Waals surface area contributed by atoms with Crippen LogP contribution in [0.15, 0.2) is 36.4 Å². The van der Waals surface area contributed by atoms with Gasteiger partial charge in [-0.3, -0.25) is 0 Å². The Morgan fingerprint density at radius 3 is 1.38 bits per heavy atom. The third kappa shape index (κ3) is 9.91. The van der Waals surface area contributed by atoms with Gasteiger partial charge in [0.05, 0.1) is 0 Å². The van der Waals surface area contributed by atoms with Crippen LogP contribution in [0, 0.1) is 13.8 Å². The summed E-state index contributed by atoms with van der Waals surface area (Å²) >= 11 is 0. The van der Waals surface area contributed by atoms with E-state index in [1.807, 2.05) is 38.1 Å². The van der Waals surface area contributed by atoms with Gasteiger partial charge >= 0.3 is 6.16 Å². The lowest BCUT2D eigenvalue weighted by atomic mass is 10.0. The summed E-state index contributed by atoms with van der Waals surface area (Å²) in [5.41, 5.74) is 4.11. The molecule has 0 bridgehead atoms. The van der Waals surface area contributed by atoms with Crippen LogP contribution in [0.5, 0.6) is 11.5 Å². The maximum absolute atomic E-state index is 12.8. The minimum Gasteiger partial charge on any atom is -0.394 e. The summed E-state index contributed by atoms with van der Waals surface area (Å²) in [6, 6.07) is 12.2. The lowest BCUT2D eigenvalue weighted by Gasteiger charge is -2.15. The van der Waals surface area contributed by atoms with E-state index in [1.54, 1.807) is 0 Å². The third-order valence-corrected chi connectivity index (χ3v) is 6.56. The highest BCUT2D eigenvalue weighted by Crippen LogP contribution is 2.29. The first-order valence-electron chi connectivity index (χ1n) is 13.6. The number of aryl methyl sites for hydroxylation is 4. The molecule has 2 aromatic rings. The van der Waals surface area contributed by atoms with Crippen LogP contribution in [-0.4, -0.2) is 6.16 Å². The van der Waals surface area contributed by atoms with Gasteiger partial charge in [-0.25, -0.2) is 4.79 Å². The lowest BCUT2D eigenvalue weighted by molar-refractivity contribution is 0.150. The Balaban J connectivity index is 1.96. The monoisotopic (exact) mass is 466 g/mol. The average molecular weight is 467 g/mol. The fraction of sp³-hybridized carbons (Fsp3) is 0.581. The number of benzene rings is 2. The Morgan fingerprint density at radius 1 is 0.588 bits per heavy atom. The molecular formula is C31H46O3. The fourth-order valence-electron chi connectivity index (χ4n) is 4.49. The van der Waals surface area contributed by atoms with Gasteiger partial charge in [0, 0.05) is 0 Å². The van der Waals surface area contributed by atoms with E-state index in [2.05, 4.69) is 26.0 Å². The van der Waals surface area contributed by atoms with Crippen molar-refractivity contribution in [1.82, 2.24) is 0 Å². The highest BCUT2D eigenvalue weighted by atomic mass is 16.7. The van der Waals surface area contributed by atoms with Gasteiger partial charge in [0.25, 0.3) is 0 Å². The standard InChI is InChI=1S/C31H46O3/c1-5-7-9-11-13-15-21-27-23-17-19-25(3)29(27)33-31(32)34-30-26(4)20-18-24-28(30)22-16-14-12-10-8-6-2/h17-20,23-24H,5-16,21-22H2,1-4H3. The van der Waals surface area contributed by atoms with Crippen LogP contribution in [0.1, 0.15) is 113 Å². The number of hydrogen-bond acceptors (Lipinski definition) is 3. The molecule has 34 heavy (non-hydrogen) atoms. The first-order chi connectivity index (χ1) is 16.6. The Hall–Kier alpha value is -2.29. The molecule has 0 unspecified atom stereocenters. The maximum Gasteiger partial charge on any atom is 0.519 e. The summed E-state index contributed by atoms with van der Waals surface area (Å²) in [6.45, 7) is 8.46. The minimum absolute atomic E-state index is 0.642. The van der Waals surface area contributed by atoms with Crippen molar-refractivity contribution in [2.24, 2.45) is 0 Å². The molecule has 0 aliphatic heterocycles. The zero-order valence-electron chi connectivity index (χ0n) is 22.1. The summed E-state index contributed by atoms with van der Waals surface area (Å²) in [4.78, 5) is 12.8. The summed E-state index contributed by atoms with van der Waals surface area (Å²) in [5.74, 6) is 1.32. The molecule has 0 spiro atoms. The first-order valence-corrected chi connectivity index (χ1v) is 13.6. The van der Waals surface area contributed by atoms with Crippen molar-refractivity contribution < 1.29 is 14.3 Å².